The van der Waals surface area contributed by atoms with E-state index in [-0.39, 0.29) is 11.0 Å². The summed E-state index contributed by atoms with van der Waals surface area (Å²) in [5.41, 5.74) is 10.3. The predicted molar refractivity (Wildman–Crippen MR) is 57.7 cm³/mol. The van der Waals surface area contributed by atoms with Crippen molar-refractivity contribution in [3.8, 4) is 0 Å². The SMILES string of the molecule is CC(C)(CN)OCCC(C)(C)C(N)O. The van der Waals surface area contributed by atoms with Crippen molar-refractivity contribution in [2.75, 3.05) is 13.2 Å². The Morgan fingerprint density at radius 1 is 1.29 bits per heavy atom. The molecule has 0 aromatic carbocycles. The van der Waals surface area contributed by atoms with E-state index in [2.05, 4.69) is 0 Å². The molecule has 0 fully saturated rings. The van der Waals surface area contributed by atoms with Crippen LogP contribution in [0.5, 0.6) is 0 Å². The number of aliphatic hydroxyl groups is 1. The molecule has 1 atom stereocenters. The number of hydrogen-bond acceptors (Lipinski definition) is 4. The minimum atomic E-state index is -0.813. The van der Waals surface area contributed by atoms with Gasteiger partial charge >= 0.3 is 0 Å². The number of rotatable bonds is 6. The second-order valence-electron chi connectivity index (χ2n) is 5.00. The summed E-state index contributed by atoms with van der Waals surface area (Å²) < 4.78 is 5.57. The normalized spacial score (nSPS) is 15.6. The van der Waals surface area contributed by atoms with Gasteiger partial charge in [0.25, 0.3) is 0 Å². The molecule has 0 aliphatic heterocycles. The molecule has 4 heteroatoms. The van der Waals surface area contributed by atoms with Gasteiger partial charge in [0, 0.05) is 18.6 Å². The van der Waals surface area contributed by atoms with Crippen LogP contribution in [0.4, 0.5) is 0 Å². The quantitative estimate of drug-likeness (QED) is 0.548. The van der Waals surface area contributed by atoms with Crippen LogP contribution in [0.15, 0.2) is 0 Å². The highest BCUT2D eigenvalue weighted by molar-refractivity contribution is 4.75. The zero-order valence-corrected chi connectivity index (χ0v) is 9.71. The van der Waals surface area contributed by atoms with E-state index in [1.165, 1.54) is 0 Å². The molecule has 0 aromatic rings. The van der Waals surface area contributed by atoms with E-state index >= 15 is 0 Å². The average Bonchev–Trinajstić information content (AvgIpc) is 2.03. The highest BCUT2D eigenvalue weighted by atomic mass is 16.5. The summed E-state index contributed by atoms with van der Waals surface area (Å²) in [4.78, 5) is 0. The van der Waals surface area contributed by atoms with E-state index in [4.69, 9.17) is 16.2 Å². The van der Waals surface area contributed by atoms with Gasteiger partial charge in [0.05, 0.1) is 5.60 Å². The second kappa shape index (κ2) is 5.07. The fourth-order valence-electron chi connectivity index (χ4n) is 0.797. The minimum absolute atomic E-state index is 0.296. The zero-order valence-electron chi connectivity index (χ0n) is 9.71. The number of nitrogens with two attached hydrogens (primary N) is 2. The number of aliphatic hydroxyl groups excluding tert-OH is 1. The summed E-state index contributed by atoms with van der Waals surface area (Å²) in [5.74, 6) is 0. The molecule has 0 spiro atoms. The molecule has 86 valence electrons. The summed E-state index contributed by atoms with van der Waals surface area (Å²) in [6.07, 6.45) is -0.0965. The molecule has 0 rings (SSSR count). The van der Waals surface area contributed by atoms with Crippen molar-refractivity contribution in [3.05, 3.63) is 0 Å². The molecule has 0 saturated heterocycles. The number of hydrogen-bond donors (Lipinski definition) is 3. The van der Waals surface area contributed by atoms with Gasteiger partial charge in [-0.2, -0.15) is 0 Å². The van der Waals surface area contributed by atoms with E-state index in [0.717, 1.165) is 0 Å². The maximum atomic E-state index is 9.26. The Morgan fingerprint density at radius 2 is 1.79 bits per heavy atom. The van der Waals surface area contributed by atoms with Gasteiger partial charge < -0.3 is 21.3 Å². The molecular formula is C10H24N2O2. The Morgan fingerprint density at radius 3 is 2.14 bits per heavy atom. The highest BCUT2D eigenvalue weighted by Crippen LogP contribution is 2.23. The first kappa shape index (κ1) is 13.8. The van der Waals surface area contributed by atoms with Gasteiger partial charge in [-0.3, -0.25) is 0 Å². The van der Waals surface area contributed by atoms with Crippen LogP contribution in [0.2, 0.25) is 0 Å². The molecule has 0 saturated carbocycles. The van der Waals surface area contributed by atoms with Crippen molar-refractivity contribution in [1.29, 1.82) is 0 Å². The topological polar surface area (TPSA) is 81.5 Å². The average molecular weight is 204 g/mol. The summed E-state index contributed by atoms with van der Waals surface area (Å²) in [7, 11) is 0. The lowest BCUT2D eigenvalue weighted by Gasteiger charge is -2.30. The number of ether oxygens (including phenoxy) is 1. The van der Waals surface area contributed by atoms with Gasteiger partial charge in [-0.25, -0.2) is 0 Å². The smallest absolute Gasteiger partial charge is 0.107 e. The first-order valence-electron chi connectivity index (χ1n) is 4.99. The fourth-order valence-corrected chi connectivity index (χ4v) is 0.797. The van der Waals surface area contributed by atoms with Crippen molar-refractivity contribution >= 4 is 0 Å². The molecule has 0 aliphatic carbocycles. The van der Waals surface area contributed by atoms with Gasteiger partial charge in [0.1, 0.15) is 6.23 Å². The van der Waals surface area contributed by atoms with Crippen LogP contribution in [0.1, 0.15) is 34.1 Å². The third-order valence-corrected chi connectivity index (χ3v) is 2.53. The van der Waals surface area contributed by atoms with Gasteiger partial charge in [0.2, 0.25) is 0 Å². The molecular weight excluding hydrogens is 180 g/mol. The van der Waals surface area contributed by atoms with Crippen molar-refractivity contribution in [1.82, 2.24) is 0 Å². The third kappa shape index (κ3) is 4.91. The van der Waals surface area contributed by atoms with Crippen molar-refractivity contribution in [2.24, 2.45) is 16.9 Å². The molecule has 0 bridgehead atoms. The largest absolute Gasteiger partial charge is 0.378 e. The van der Waals surface area contributed by atoms with Crippen LogP contribution < -0.4 is 11.5 Å². The van der Waals surface area contributed by atoms with Gasteiger partial charge in [-0.1, -0.05) is 13.8 Å². The predicted octanol–water partition coefficient (Wildman–Crippen LogP) is 0.434. The molecule has 1 unspecified atom stereocenters. The summed E-state index contributed by atoms with van der Waals surface area (Å²) in [5, 5.41) is 9.26. The van der Waals surface area contributed by atoms with Crippen LogP contribution in [0.25, 0.3) is 0 Å². The van der Waals surface area contributed by atoms with E-state index in [1.807, 2.05) is 27.7 Å². The minimum Gasteiger partial charge on any atom is -0.378 e. The standard InChI is InChI=1S/C10H24N2O2/c1-9(2,8(12)13)5-6-14-10(3,4)7-11/h8,13H,5-7,11-12H2,1-4H3. The zero-order chi connectivity index (χ0) is 11.4. The molecule has 14 heavy (non-hydrogen) atoms. The monoisotopic (exact) mass is 204 g/mol. The van der Waals surface area contributed by atoms with Crippen LogP contribution in [0, 0.1) is 5.41 Å². The Hall–Kier alpha value is -0.160. The maximum Gasteiger partial charge on any atom is 0.107 e. The Bertz CT molecular complexity index is 168. The lowest BCUT2D eigenvalue weighted by atomic mass is 9.88. The van der Waals surface area contributed by atoms with E-state index in [0.29, 0.717) is 19.6 Å². The second-order valence-corrected chi connectivity index (χ2v) is 5.00. The van der Waals surface area contributed by atoms with Gasteiger partial charge in [0.15, 0.2) is 0 Å². The molecule has 0 amide bonds. The van der Waals surface area contributed by atoms with Crippen LogP contribution in [-0.4, -0.2) is 30.1 Å². The van der Waals surface area contributed by atoms with E-state index in [9.17, 15) is 5.11 Å². The lowest BCUT2D eigenvalue weighted by Crippen LogP contribution is -2.40. The molecule has 0 heterocycles. The Balaban J connectivity index is 3.85. The highest BCUT2D eigenvalue weighted by Gasteiger charge is 2.25. The van der Waals surface area contributed by atoms with Gasteiger partial charge in [-0.15, -0.1) is 0 Å². The van der Waals surface area contributed by atoms with Crippen molar-refractivity contribution < 1.29 is 9.84 Å². The summed E-state index contributed by atoms with van der Waals surface area (Å²) >= 11 is 0. The molecule has 4 nitrogen and oxygen atoms in total. The van der Waals surface area contributed by atoms with Crippen molar-refractivity contribution in [2.45, 2.75) is 45.9 Å². The molecule has 5 N–H and O–H groups in total. The van der Waals surface area contributed by atoms with Crippen LogP contribution in [0.3, 0.4) is 0 Å². The van der Waals surface area contributed by atoms with Crippen LogP contribution in [-0.2, 0) is 4.74 Å². The van der Waals surface area contributed by atoms with Crippen molar-refractivity contribution in [3.63, 3.8) is 0 Å². The van der Waals surface area contributed by atoms with Gasteiger partial charge in [-0.05, 0) is 20.3 Å². The third-order valence-electron chi connectivity index (χ3n) is 2.53. The first-order valence-corrected chi connectivity index (χ1v) is 4.99. The first-order chi connectivity index (χ1) is 6.21. The Labute approximate surface area is 86.6 Å². The summed E-state index contributed by atoms with van der Waals surface area (Å²) in [6, 6.07) is 0. The molecule has 0 aromatic heterocycles. The Kier molecular flexibility index (Phi) is 5.01. The fraction of sp³-hybridized carbons (Fsp3) is 1.00. The lowest BCUT2D eigenvalue weighted by molar-refractivity contribution is -0.0401. The molecule has 0 aliphatic rings. The van der Waals surface area contributed by atoms with Crippen LogP contribution >= 0.6 is 0 Å². The summed E-state index contributed by atoms with van der Waals surface area (Å²) in [6.45, 7) is 8.76. The van der Waals surface area contributed by atoms with E-state index in [1.54, 1.807) is 0 Å². The van der Waals surface area contributed by atoms with E-state index < -0.39 is 6.23 Å². The molecule has 0 radical (unpaired) electrons. The maximum absolute atomic E-state index is 9.26.